The van der Waals surface area contributed by atoms with Gasteiger partial charge in [-0.05, 0) is 25.0 Å². The Hall–Kier alpha value is -1.29. The zero-order chi connectivity index (χ0) is 13.2. The smallest absolute Gasteiger partial charge is 0.146 e. The fourth-order valence-electron chi connectivity index (χ4n) is 2.83. The number of rotatable bonds is 3. The van der Waals surface area contributed by atoms with E-state index in [1.807, 2.05) is 12.1 Å². The van der Waals surface area contributed by atoms with Gasteiger partial charge in [-0.3, -0.25) is 0 Å². The van der Waals surface area contributed by atoms with Crippen molar-refractivity contribution in [2.75, 3.05) is 14.2 Å². The van der Waals surface area contributed by atoms with Crippen LogP contribution in [0.2, 0.25) is 0 Å². The minimum Gasteiger partial charge on any atom is -0.495 e. The molecule has 4 heteroatoms. The summed E-state index contributed by atoms with van der Waals surface area (Å²) < 4.78 is 12.0. The molecule has 19 heavy (non-hydrogen) atoms. The van der Waals surface area contributed by atoms with E-state index in [1.165, 1.54) is 37.1 Å². The highest BCUT2D eigenvalue weighted by molar-refractivity contribution is 7.19. The Morgan fingerprint density at radius 1 is 1.05 bits per heavy atom. The average Bonchev–Trinajstić information content (AvgIpc) is 2.92. The second kappa shape index (κ2) is 5.37. The van der Waals surface area contributed by atoms with Crippen molar-refractivity contribution < 1.29 is 9.47 Å². The van der Waals surface area contributed by atoms with Crippen LogP contribution in [0.15, 0.2) is 12.1 Å². The molecule has 1 aliphatic carbocycles. The summed E-state index contributed by atoms with van der Waals surface area (Å²) >= 11 is 1.77. The molecule has 0 spiro atoms. The van der Waals surface area contributed by atoms with Crippen molar-refractivity contribution in [3.8, 4) is 11.5 Å². The van der Waals surface area contributed by atoms with Crippen LogP contribution in [0.3, 0.4) is 0 Å². The summed E-state index contributed by atoms with van der Waals surface area (Å²) in [6, 6.07) is 3.90. The van der Waals surface area contributed by atoms with Crippen molar-refractivity contribution in [2.24, 2.45) is 0 Å². The zero-order valence-electron chi connectivity index (χ0n) is 11.4. The third-order valence-corrected chi connectivity index (χ3v) is 5.11. The molecule has 1 aliphatic rings. The Bertz CT molecular complexity index is 532. The normalized spacial score (nSPS) is 16.7. The van der Waals surface area contributed by atoms with E-state index in [-0.39, 0.29) is 0 Å². The van der Waals surface area contributed by atoms with E-state index >= 15 is 0 Å². The molecule has 0 amide bonds. The van der Waals surface area contributed by atoms with Gasteiger partial charge in [0.15, 0.2) is 0 Å². The van der Waals surface area contributed by atoms with Crippen LogP contribution in [-0.4, -0.2) is 19.2 Å². The van der Waals surface area contributed by atoms with E-state index in [1.54, 1.807) is 25.6 Å². The third kappa shape index (κ3) is 2.29. The van der Waals surface area contributed by atoms with Crippen molar-refractivity contribution in [1.82, 2.24) is 4.98 Å². The molecule has 2 aromatic rings. The third-order valence-electron chi connectivity index (χ3n) is 3.88. The molecule has 1 saturated carbocycles. The molecule has 1 fully saturated rings. The lowest BCUT2D eigenvalue weighted by Crippen LogP contribution is -2.03. The quantitative estimate of drug-likeness (QED) is 0.835. The number of aromatic nitrogens is 1. The minimum atomic E-state index is 0.626. The lowest BCUT2D eigenvalue weighted by Gasteiger charge is -2.18. The Balaban J connectivity index is 2.07. The number of methoxy groups -OCH3 is 2. The minimum absolute atomic E-state index is 0.626. The molecule has 3 rings (SSSR count). The molecule has 3 nitrogen and oxygen atoms in total. The number of hydrogen-bond donors (Lipinski definition) is 0. The zero-order valence-corrected chi connectivity index (χ0v) is 12.3. The van der Waals surface area contributed by atoms with Gasteiger partial charge in [0.2, 0.25) is 0 Å². The maximum atomic E-state index is 5.44. The van der Waals surface area contributed by atoms with Gasteiger partial charge < -0.3 is 9.47 Å². The summed E-state index contributed by atoms with van der Waals surface area (Å²) in [5.41, 5.74) is 0.951. The van der Waals surface area contributed by atoms with Gasteiger partial charge in [-0.25, -0.2) is 4.98 Å². The molecule has 1 heterocycles. The highest BCUT2D eigenvalue weighted by atomic mass is 32.1. The molecule has 1 aromatic carbocycles. The fourth-order valence-corrected chi connectivity index (χ4v) is 4.07. The molecule has 0 N–H and O–H groups in total. The molecule has 102 valence electrons. The van der Waals surface area contributed by atoms with Crippen molar-refractivity contribution >= 4 is 21.6 Å². The van der Waals surface area contributed by atoms with Gasteiger partial charge in [0.25, 0.3) is 0 Å². The Labute approximate surface area is 117 Å². The van der Waals surface area contributed by atoms with Gasteiger partial charge in [0, 0.05) is 5.92 Å². The van der Waals surface area contributed by atoms with E-state index < -0.39 is 0 Å². The lowest BCUT2D eigenvalue weighted by atomic mass is 9.90. The molecule has 0 bridgehead atoms. The van der Waals surface area contributed by atoms with Gasteiger partial charge in [0.05, 0.1) is 19.2 Å². The van der Waals surface area contributed by atoms with Gasteiger partial charge in [-0.1, -0.05) is 19.3 Å². The van der Waals surface area contributed by atoms with Crippen LogP contribution in [0.4, 0.5) is 0 Å². The number of fused-ring (bicyclic) bond motifs is 1. The monoisotopic (exact) mass is 277 g/mol. The molecular weight excluding hydrogens is 258 g/mol. The Kier molecular flexibility index (Phi) is 3.60. The molecule has 0 aliphatic heterocycles. The van der Waals surface area contributed by atoms with Crippen LogP contribution in [0.1, 0.15) is 43.0 Å². The Morgan fingerprint density at radius 3 is 2.42 bits per heavy atom. The lowest BCUT2D eigenvalue weighted by molar-refractivity contribution is 0.410. The first-order chi connectivity index (χ1) is 9.33. The molecular formula is C15H19NO2S. The fraction of sp³-hybridized carbons (Fsp3) is 0.533. The second-order valence-corrected chi connectivity index (χ2v) is 6.07. The van der Waals surface area contributed by atoms with E-state index in [0.717, 1.165) is 21.7 Å². The van der Waals surface area contributed by atoms with Crippen LogP contribution in [-0.2, 0) is 0 Å². The van der Waals surface area contributed by atoms with E-state index in [0.29, 0.717) is 5.92 Å². The number of nitrogens with zero attached hydrogens (tertiary/aromatic N) is 1. The first-order valence-electron chi connectivity index (χ1n) is 6.85. The first kappa shape index (κ1) is 12.7. The van der Waals surface area contributed by atoms with Gasteiger partial charge >= 0.3 is 0 Å². The summed E-state index contributed by atoms with van der Waals surface area (Å²) in [5, 5.41) is 1.25. The van der Waals surface area contributed by atoms with Gasteiger partial charge in [0.1, 0.15) is 21.7 Å². The van der Waals surface area contributed by atoms with Crippen molar-refractivity contribution in [1.29, 1.82) is 0 Å². The van der Waals surface area contributed by atoms with Crippen LogP contribution in [0.5, 0.6) is 11.5 Å². The maximum Gasteiger partial charge on any atom is 0.146 e. The number of ether oxygens (including phenoxy) is 2. The molecule has 0 atom stereocenters. The molecule has 0 unspecified atom stereocenters. The van der Waals surface area contributed by atoms with E-state index in [2.05, 4.69) is 0 Å². The predicted molar refractivity (Wildman–Crippen MR) is 78.6 cm³/mol. The van der Waals surface area contributed by atoms with Crippen LogP contribution in [0.25, 0.3) is 10.2 Å². The maximum absolute atomic E-state index is 5.44. The summed E-state index contributed by atoms with van der Waals surface area (Å²) in [5.74, 6) is 2.37. The topological polar surface area (TPSA) is 31.4 Å². The predicted octanol–water partition coefficient (Wildman–Crippen LogP) is 4.36. The second-order valence-electron chi connectivity index (χ2n) is 5.03. The van der Waals surface area contributed by atoms with Crippen molar-refractivity contribution in [3.63, 3.8) is 0 Å². The Morgan fingerprint density at radius 2 is 1.74 bits per heavy atom. The molecule has 0 radical (unpaired) electrons. The van der Waals surface area contributed by atoms with Crippen LogP contribution < -0.4 is 9.47 Å². The SMILES string of the molecule is COc1ccc(OC)c2sc(C3CCCCC3)nc12. The highest BCUT2D eigenvalue weighted by Gasteiger charge is 2.21. The number of hydrogen-bond acceptors (Lipinski definition) is 4. The summed E-state index contributed by atoms with van der Waals surface area (Å²) in [6.45, 7) is 0. The van der Waals surface area contributed by atoms with Crippen LogP contribution >= 0.6 is 11.3 Å². The summed E-state index contributed by atoms with van der Waals surface area (Å²) in [6.07, 6.45) is 6.56. The summed E-state index contributed by atoms with van der Waals surface area (Å²) in [4.78, 5) is 4.83. The van der Waals surface area contributed by atoms with Crippen molar-refractivity contribution in [3.05, 3.63) is 17.1 Å². The molecule has 1 aromatic heterocycles. The summed E-state index contributed by atoms with van der Waals surface area (Å²) in [7, 11) is 3.40. The van der Waals surface area contributed by atoms with Crippen molar-refractivity contribution in [2.45, 2.75) is 38.0 Å². The van der Waals surface area contributed by atoms with E-state index in [9.17, 15) is 0 Å². The first-order valence-corrected chi connectivity index (χ1v) is 7.66. The van der Waals surface area contributed by atoms with E-state index in [4.69, 9.17) is 14.5 Å². The number of thiazole rings is 1. The molecule has 0 saturated heterocycles. The highest BCUT2D eigenvalue weighted by Crippen LogP contribution is 2.42. The average molecular weight is 277 g/mol. The number of benzene rings is 1. The van der Waals surface area contributed by atoms with Gasteiger partial charge in [-0.15, -0.1) is 11.3 Å². The van der Waals surface area contributed by atoms with Gasteiger partial charge in [-0.2, -0.15) is 0 Å². The van der Waals surface area contributed by atoms with Crippen LogP contribution in [0, 0.1) is 0 Å². The largest absolute Gasteiger partial charge is 0.495 e. The standard InChI is InChI=1S/C15H19NO2S/c1-17-11-8-9-12(18-2)14-13(11)16-15(19-14)10-6-4-3-5-7-10/h8-10H,3-7H2,1-2H3.